The van der Waals surface area contributed by atoms with Gasteiger partial charge in [0, 0.05) is 22.6 Å². The van der Waals surface area contributed by atoms with Crippen molar-refractivity contribution < 1.29 is 23.7 Å². The molecule has 0 radical (unpaired) electrons. The smallest absolute Gasteiger partial charge is 0.335 e. The number of benzene rings is 2. The molecule has 40 heavy (non-hydrogen) atoms. The lowest BCUT2D eigenvalue weighted by molar-refractivity contribution is -0.130. The van der Waals surface area contributed by atoms with Crippen LogP contribution in [0.4, 0.5) is 0 Å². The highest BCUT2D eigenvalue weighted by molar-refractivity contribution is 6.39. The first-order chi connectivity index (χ1) is 19.4. The van der Waals surface area contributed by atoms with Gasteiger partial charge in [-0.1, -0.05) is 51.7 Å². The van der Waals surface area contributed by atoms with Gasteiger partial charge in [-0.05, 0) is 75.6 Å². The van der Waals surface area contributed by atoms with Crippen molar-refractivity contribution in [2.24, 2.45) is 0 Å². The quantitative estimate of drug-likeness (QED) is 0.224. The molecular formula is C30H27Cl2N3O5. The largest absolute Gasteiger partial charge is 0.478 e. The van der Waals surface area contributed by atoms with Crippen LogP contribution in [0.5, 0.6) is 0 Å². The molecule has 4 fully saturated rings. The highest BCUT2D eigenvalue weighted by Gasteiger charge is 2.53. The molecule has 4 aliphatic carbocycles. The summed E-state index contributed by atoms with van der Waals surface area (Å²) < 4.78 is 18.4. The molecule has 2 aromatic heterocycles. The monoisotopic (exact) mass is 579 g/mol. The number of carbonyl (C=O) groups is 1. The molecule has 4 aromatic rings. The van der Waals surface area contributed by atoms with E-state index in [-0.39, 0.29) is 16.6 Å². The van der Waals surface area contributed by atoms with Crippen LogP contribution in [-0.4, -0.2) is 32.0 Å². The summed E-state index contributed by atoms with van der Waals surface area (Å²) in [7, 11) is 0. The summed E-state index contributed by atoms with van der Waals surface area (Å²) in [5, 5.41) is 18.9. The molecule has 8 rings (SSSR count). The predicted octanol–water partition coefficient (Wildman–Crippen LogP) is 7.84. The molecular weight excluding hydrogens is 553 g/mol. The van der Waals surface area contributed by atoms with E-state index in [9.17, 15) is 4.79 Å². The minimum atomic E-state index is -0.967. The summed E-state index contributed by atoms with van der Waals surface area (Å²) in [6, 6.07) is 12.0. The van der Waals surface area contributed by atoms with Crippen LogP contribution in [0.25, 0.3) is 22.6 Å². The van der Waals surface area contributed by atoms with Gasteiger partial charge in [-0.3, -0.25) is 0 Å². The molecule has 2 bridgehead atoms. The average molecular weight is 580 g/mol. The number of carboxylic acids is 1. The molecule has 0 aliphatic heterocycles. The zero-order valence-corrected chi connectivity index (χ0v) is 23.2. The van der Waals surface area contributed by atoms with Gasteiger partial charge in [0.2, 0.25) is 11.7 Å². The van der Waals surface area contributed by atoms with Gasteiger partial charge < -0.3 is 18.9 Å². The maximum atomic E-state index is 11.2. The number of aromatic nitrogens is 3. The Morgan fingerprint density at radius 3 is 2.25 bits per heavy atom. The van der Waals surface area contributed by atoms with Crippen molar-refractivity contribution in [3.05, 3.63) is 75.3 Å². The minimum Gasteiger partial charge on any atom is -0.478 e. The number of nitrogens with zero attached hydrogens (tertiary/aromatic N) is 3. The van der Waals surface area contributed by atoms with Crippen molar-refractivity contribution in [1.29, 1.82) is 0 Å². The van der Waals surface area contributed by atoms with Crippen LogP contribution in [0.1, 0.15) is 84.9 Å². The van der Waals surface area contributed by atoms with Gasteiger partial charge >= 0.3 is 5.97 Å². The first-order valence-electron chi connectivity index (χ1n) is 13.6. The number of carboxylic acid groups (broad SMARTS) is 1. The van der Waals surface area contributed by atoms with Crippen LogP contribution in [0.2, 0.25) is 10.0 Å². The Morgan fingerprint density at radius 2 is 1.62 bits per heavy atom. The molecule has 0 amide bonds. The number of hydrogen-bond acceptors (Lipinski definition) is 7. The first kappa shape index (κ1) is 25.7. The Morgan fingerprint density at radius 1 is 0.950 bits per heavy atom. The van der Waals surface area contributed by atoms with E-state index in [1.807, 2.05) is 18.2 Å². The Kier molecular flexibility index (Phi) is 6.25. The zero-order valence-electron chi connectivity index (χ0n) is 21.7. The average Bonchev–Trinajstić information content (AvgIpc) is 3.53. The topological polar surface area (TPSA) is 111 Å². The maximum absolute atomic E-state index is 11.2. The summed E-state index contributed by atoms with van der Waals surface area (Å²) in [4.78, 5) is 15.9. The van der Waals surface area contributed by atoms with E-state index in [2.05, 4.69) is 10.3 Å². The van der Waals surface area contributed by atoms with Gasteiger partial charge in [-0.25, -0.2) is 4.79 Å². The van der Waals surface area contributed by atoms with Crippen LogP contribution in [0.15, 0.2) is 51.5 Å². The number of hydrogen-bond donors (Lipinski definition) is 1. The molecule has 0 spiro atoms. The molecule has 206 valence electrons. The standard InChI is InChI=1S/C30H27Cl2N3O5/c31-21-2-1-3-22(32)23(21)24-20(25(39-34-24)17-4-5-17)16-38-30-13-10-29(11-14-30,12-15-30)28-33-26(35-40-28)18-6-8-19(9-7-18)27(36)37/h1-3,6-9,17H,4-5,10-16H2,(H,36,37). The number of fused-ring (bicyclic) bond motifs is 3. The van der Waals surface area contributed by atoms with Crippen LogP contribution < -0.4 is 0 Å². The zero-order chi connectivity index (χ0) is 27.5. The van der Waals surface area contributed by atoms with Crippen LogP contribution in [-0.2, 0) is 16.8 Å². The Balaban J connectivity index is 1.08. The molecule has 2 heterocycles. The van der Waals surface area contributed by atoms with E-state index in [4.69, 9.17) is 47.1 Å². The molecule has 1 N–H and O–H groups in total. The minimum absolute atomic E-state index is 0.163. The molecule has 4 saturated carbocycles. The molecule has 0 atom stereocenters. The third-order valence-electron chi connectivity index (χ3n) is 8.94. The van der Waals surface area contributed by atoms with Gasteiger partial charge in [0.25, 0.3) is 0 Å². The van der Waals surface area contributed by atoms with E-state index in [1.54, 1.807) is 24.3 Å². The molecule has 4 aliphatic rings. The molecule has 0 saturated heterocycles. The van der Waals surface area contributed by atoms with E-state index in [0.717, 1.165) is 68.3 Å². The lowest BCUT2D eigenvalue weighted by Crippen LogP contribution is -2.49. The molecule has 10 heteroatoms. The number of ether oxygens (including phenoxy) is 1. The fourth-order valence-electron chi connectivity index (χ4n) is 6.28. The summed E-state index contributed by atoms with van der Waals surface area (Å²) in [6.45, 7) is 0.399. The number of halogens is 2. The van der Waals surface area contributed by atoms with Gasteiger partial charge in [-0.15, -0.1) is 0 Å². The second-order valence-electron chi connectivity index (χ2n) is 11.3. The normalized spacial score (nSPS) is 23.9. The Bertz CT molecular complexity index is 1550. The summed E-state index contributed by atoms with van der Waals surface area (Å²) in [5.74, 6) is 1.43. The van der Waals surface area contributed by atoms with E-state index in [0.29, 0.717) is 45.5 Å². The van der Waals surface area contributed by atoms with Crippen molar-refractivity contribution >= 4 is 29.2 Å². The lowest BCUT2D eigenvalue weighted by Gasteiger charge is -2.51. The van der Waals surface area contributed by atoms with Crippen LogP contribution >= 0.6 is 23.2 Å². The van der Waals surface area contributed by atoms with E-state index in [1.165, 1.54) is 0 Å². The third-order valence-corrected chi connectivity index (χ3v) is 9.57. The lowest BCUT2D eigenvalue weighted by atomic mass is 9.58. The van der Waals surface area contributed by atoms with Gasteiger partial charge in [0.05, 0.1) is 33.2 Å². The van der Waals surface area contributed by atoms with Crippen LogP contribution in [0.3, 0.4) is 0 Å². The van der Waals surface area contributed by atoms with Crippen molar-refractivity contribution in [1.82, 2.24) is 15.3 Å². The fourth-order valence-corrected chi connectivity index (χ4v) is 6.86. The van der Waals surface area contributed by atoms with Crippen molar-refractivity contribution in [2.45, 2.75) is 74.9 Å². The summed E-state index contributed by atoms with van der Waals surface area (Å²) in [5.41, 5.74) is 2.87. The summed E-state index contributed by atoms with van der Waals surface area (Å²) in [6.07, 6.45) is 7.54. The van der Waals surface area contributed by atoms with Gasteiger partial charge in [-0.2, -0.15) is 4.98 Å². The Labute approximate surface area is 240 Å². The third kappa shape index (κ3) is 4.42. The number of aromatic carboxylic acids is 1. The van der Waals surface area contributed by atoms with Crippen molar-refractivity contribution in [2.75, 3.05) is 0 Å². The summed E-state index contributed by atoms with van der Waals surface area (Å²) >= 11 is 13.1. The van der Waals surface area contributed by atoms with E-state index >= 15 is 0 Å². The number of rotatable bonds is 8. The molecule has 0 unspecified atom stereocenters. The second kappa shape index (κ2) is 9.72. The fraction of sp³-hybridized carbons (Fsp3) is 0.400. The Hall–Kier alpha value is -3.20. The SMILES string of the molecule is O=C(O)c1ccc(-c2noc(C34CCC(OCc5c(-c6c(Cl)cccc6Cl)noc5C5CC5)(CC3)CC4)n2)cc1. The molecule has 2 aromatic carbocycles. The van der Waals surface area contributed by atoms with Gasteiger partial charge in [0.1, 0.15) is 11.5 Å². The van der Waals surface area contributed by atoms with E-state index < -0.39 is 5.97 Å². The predicted molar refractivity (Wildman–Crippen MR) is 148 cm³/mol. The van der Waals surface area contributed by atoms with Crippen LogP contribution in [0, 0.1) is 0 Å². The van der Waals surface area contributed by atoms with Crippen molar-refractivity contribution in [3.63, 3.8) is 0 Å². The highest BCUT2D eigenvalue weighted by Crippen LogP contribution is 2.55. The first-order valence-corrected chi connectivity index (χ1v) is 14.4. The highest BCUT2D eigenvalue weighted by atomic mass is 35.5. The second-order valence-corrected chi connectivity index (χ2v) is 12.1. The van der Waals surface area contributed by atoms with Crippen molar-refractivity contribution in [3.8, 4) is 22.6 Å². The molecule has 8 nitrogen and oxygen atoms in total. The maximum Gasteiger partial charge on any atom is 0.335 e. The van der Waals surface area contributed by atoms with Gasteiger partial charge in [0.15, 0.2) is 0 Å².